The summed E-state index contributed by atoms with van der Waals surface area (Å²) >= 11 is 0. The largest absolute Gasteiger partial charge is 0.495 e. The van der Waals surface area contributed by atoms with Crippen molar-refractivity contribution in [3.8, 4) is 5.75 Å². The summed E-state index contributed by atoms with van der Waals surface area (Å²) in [5, 5.41) is 3.09. The van der Waals surface area contributed by atoms with Crippen molar-refractivity contribution in [3.05, 3.63) is 131 Å². The Morgan fingerprint density at radius 3 is 1.89 bits per heavy atom. The molecule has 0 fully saturated rings. The topological polar surface area (TPSA) is 84.5 Å². The molecule has 0 saturated heterocycles. The van der Waals surface area contributed by atoms with E-state index in [1.807, 2.05) is 91.0 Å². The highest BCUT2D eigenvalue weighted by Crippen LogP contribution is 2.26. The third-order valence-electron chi connectivity index (χ3n) is 6.06. The number of carbonyl (C=O) groups is 1. The number of rotatable bonds is 10. The molecule has 0 bridgehead atoms. The van der Waals surface area contributed by atoms with Crippen LogP contribution in [0.1, 0.15) is 28.3 Å². The summed E-state index contributed by atoms with van der Waals surface area (Å²) in [6.45, 7) is 1.80. The van der Waals surface area contributed by atoms with Gasteiger partial charge in [-0.05, 0) is 47.7 Å². The van der Waals surface area contributed by atoms with E-state index >= 15 is 0 Å². The maximum atomic E-state index is 13.8. The highest BCUT2D eigenvalue weighted by molar-refractivity contribution is 7.89. The molecule has 0 aliphatic rings. The van der Waals surface area contributed by atoms with Gasteiger partial charge in [0.15, 0.2) is 0 Å². The van der Waals surface area contributed by atoms with Crippen molar-refractivity contribution in [2.24, 2.45) is 0 Å². The number of benzene rings is 4. The fourth-order valence-electron chi connectivity index (χ4n) is 4.18. The first-order valence-corrected chi connectivity index (χ1v) is 13.5. The van der Waals surface area contributed by atoms with E-state index in [0.29, 0.717) is 0 Å². The quantitative estimate of drug-likeness (QED) is 0.318. The number of sulfonamides is 1. The van der Waals surface area contributed by atoms with Crippen LogP contribution in [0.2, 0.25) is 0 Å². The molecule has 4 aromatic rings. The summed E-state index contributed by atoms with van der Waals surface area (Å²) in [6.07, 6.45) is 0.177. The Morgan fingerprint density at radius 1 is 0.811 bits per heavy atom. The number of carbonyl (C=O) groups excluding carboxylic acids is 1. The molecule has 1 atom stereocenters. The van der Waals surface area contributed by atoms with Gasteiger partial charge in [-0.25, -0.2) is 8.42 Å². The van der Waals surface area contributed by atoms with Gasteiger partial charge < -0.3 is 10.1 Å². The molecule has 4 rings (SSSR count). The van der Waals surface area contributed by atoms with Crippen LogP contribution in [-0.2, 0) is 21.2 Å². The van der Waals surface area contributed by atoms with Gasteiger partial charge in [-0.3, -0.25) is 4.79 Å². The summed E-state index contributed by atoms with van der Waals surface area (Å²) in [6, 6.07) is 31.9. The van der Waals surface area contributed by atoms with Gasteiger partial charge in [0.05, 0.1) is 13.2 Å². The Labute approximate surface area is 218 Å². The molecule has 0 spiro atoms. The van der Waals surface area contributed by atoms with E-state index in [1.54, 1.807) is 19.1 Å². The van der Waals surface area contributed by atoms with Crippen molar-refractivity contribution in [2.45, 2.75) is 30.3 Å². The normalized spacial score (nSPS) is 12.2. The van der Waals surface area contributed by atoms with Gasteiger partial charge in [0.2, 0.25) is 15.9 Å². The van der Waals surface area contributed by atoms with E-state index in [1.165, 1.54) is 13.2 Å². The van der Waals surface area contributed by atoms with Crippen LogP contribution < -0.4 is 14.8 Å². The molecular formula is C30H30N2O4S. The van der Waals surface area contributed by atoms with E-state index in [2.05, 4.69) is 10.0 Å². The smallest absolute Gasteiger partial charge is 0.244 e. The van der Waals surface area contributed by atoms with Gasteiger partial charge in [0.25, 0.3) is 0 Å². The summed E-state index contributed by atoms with van der Waals surface area (Å²) in [5.74, 6) is -0.222. The lowest BCUT2D eigenvalue weighted by Gasteiger charge is -2.25. The second-order valence-electron chi connectivity index (χ2n) is 8.78. The summed E-state index contributed by atoms with van der Waals surface area (Å²) in [4.78, 5) is 13.8. The summed E-state index contributed by atoms with van der Waals surface area (Å²) < 4.78 is 35.0. The number of methoxy groups -OCH3 is 1. The van der Waals surface area contributed by atoms with Crippen LogP contribution in [-0.4, -0.2) is 27.5 Å². The number of aryl methyl sites for hydroxylation is 1. The van der Waals surface area contributed by atoms with Crippen LogP contribution in [0.5, 0.6) is 5.75 Å². The molecule has 190 valence electrons. The van der Waals surface area contributed by atoms with Crippen LogP contribution in [0.25, 0.3) is 0 Å². The van der Waals surface area contributed by atoms with Crippen LogP contribution in [0.4, 0.5) is 0 Å². The van der Waals surface area contributed by atoms with E-state index in [9.17, 15) is 13.2 Å². The lowest BCUT2D eigenvalue weighted by atomic mass is 9.97. The second-order valence-corrected chi connectivity index (χ2v) is 10.5. The molecule has 0 aliphatic carbocycles. The third kappa shape index (κ3) is 6.64. The van der Waals surface area contributed by atoms with Crippen LogP contribution in [0.3, 0.4) is 0 Å². The minimum absolute atomic E-state index is 0.0106. The Balaban J connectivity index is 1.69. The number of nitrogens with one attached hydrogen (secondary N) is 2. The first-order chi connectivity index (χ1) is 17.9. The Kier molecular flexibility index (Phi) is 8.38. The van der Waals surface area contributed by atoms with Gasteiger partial charge in [-0.2, -0.15) is 4.72 Å². The minimum Gasteiger partial charge on any atom is -0.495 e. The van der Waals surface area contributed by atoms with Gasteiger partial charge >= 0.3 is 0 Å². The van der Waals surface area contributed by atoms with Crippen molar-refractivity contribution < 1.29 is 17.9 Å². The molecular weight excluding hydrogens is 484 g/mol. The minimum atomic E-state index is -4.09. The molecule has 4 aromatic carbocycles. The number of ether oxygens (including phenoxy) is 1. The molecule has 0 radical (unpaired) electrons. The molecule has 37 heavy (non-hydrogen) atoms. The van der Waals surface area contributed by atoms with E-state index in [-0.39, 0.29) is 17.1 Å². The zero-order chi connectivity index (χ0) is 26.3. The number of hydrogen-bond acceptors (Lipinski definition) is 4. The molecule has 2 N–H and O–H groups in total. The highest BCUT2D eigenvalue weighted by atomic mass is 32.2. The maximum absolute atomic E-state index is 13.8. The fraction of sp³-hybridized carbons (Fsp3) is 0.167. The summed E-state index contributed by atoms with van der Waals surface area (Å²) in [7, 11) is -2.67. The van der Waals surface area contributed by atoms with Crippen molar-refractivity contribution in [3.63, 3.8) is 0 Å². The number of hydrogen-bond donors (Lipinski definition) is 2. The molecule has 6 nitrogen and oxygen atoms in total. The molecule has 7 heteroatoms. The van der Waals surface area contributed by atoms with Crippen LogP contribution in [0.15, 0.2) is 114 Å². The Bertz CT molecular complexity index is 1390. The molecule has 0 saturated carbocycles. The van der Waals surface area contributed by atoms with Crippen LogP contribution >= 0.6 is 0 Å². The zero-order valence-electron chi connectivity index (χ0n) is 20.8. The van der Waals surface area contributed by atoms with E-state index < -0.39 is 28.0 Å². The molecule has 0 heterocycles. The van der Waals surface area contributed by atoms with E-state index in [0.717, 1.165) is 22.3 Å². The SMILES string of the molecule is COc1ccc(C)cc1S(=O)(=O)N[C@@H](Cc1ccccc1)C(=O)NC(c1ccccc1)c1ccccc1. The van der Waals surface area contributed by atoms with Crippen molar-refractivity contribution in [1.82, 2.24) is 10.0 Å². The Morgan fingerprint density at radius 2 is 1.35 bits per heavy atom. The highest BCUT2D eigenvalue weighted by Gasteiger charge is 2.30. The standard InChI is InChI=1S/C30H30N2O4S/c1-22-18-19-27(36-2)28(20-22)37(34,35)32-26(21-23-12-6-3-7-13-23)30(33)31-29(24-14-8-4-9-15-24)25-16-10-5-11-17-25/h3-20,26,29,32H,21H2,1-2H3,(H,31,33)/t26-/m0/s1. The zero-order valence-corrected chi connectivity index (χ0v) is 21.6. The predicted molar refractivity (Wildman–Crippen MR) is 145 cm³/mol. The van der Waals surface area contributed by atoms with Crippen LogP contribution in [0, 0.1) is 6.92 Å². The third-order valence-corrected chi connectivity index (χ3v) is 7.55. The van der Waals surface area contributed by atoms with Gasteiger partial charge in [-0.15, -0.1) is 0 Å². The average Bonchev–Trinajstić information content (AvgIpc) is 2.92. The van der Waals surface area contributed by atoms with Crippen molar-refractivity contribution in [1.29, 1.82) is 0 Å². The first-order valence-electron chi connectivity index (χ1n) is 12.0. The molecule has 1 amide bonds. The molecule has 0 unspecified atom stereocenters. The predicted octanol–water partition coefficient (Wildman–Crippen LogP) is 4.80. The maximum Gasteiger partial charge on any atom is 0.244 e. The van der Waals surface area contributed by atoms with E-state index in [4.69, 9.17) is 4.74 Å². The molecule has 0 aromatic heterocycles. The second kappa shape index (κ2) is 11.9. The fourth-order valence-corrected chi connectivity index (χ4v) is 5.62. The molecule has 0 aliphatic heterocycles. The van der Waals surface area contributed by atoms with Crippen molar-refractivity contribution >= 4 is 15.9 Å². The van der Waals surface area contributed by atoms with Gasteiger partial charge in [0, 0.05) is 0 Å². The monoisotopic (exact) mass is 514 g/mol. The lowest BCUT2D eigenvalue weighted by Crippen LogP contribution is -2.49. The van der Waals surface area contributed by atoms with Gasteiger partial charge in [0.1, 0.15) is 16.7 Å². The average molecular weight is 515 g/mol. The van der Waals surface area contributed by atoms with Gasteiger partial charge in [-0.1, -0.05) is 97.1 Å². The first kappa shape index (κ1) is 26.1. The van der Waals surface area contributed by atoms with Crippen molar-refractivity contribution in [2.75, 3.05) is 7.11 Å². The lowest BCUT2D eigenvalue weighted by molar-refractivity contribution is -0.123. The number of amides is 1. The summed E-state index contributed by atoms with van der Waals surface area (Å²) in [5.41, 5.74) is 3.38. The Hall–Kier alpha value is -3.94.